The number of non-ortho nitro benzene ring substituents is 1. The van der Waals surface area contributed by atoms with Crippen LogP contribution in [0.1, 0.15) is 64.2 Å². The number of carbonyl (C=O) groups is 2. The highest BCUT2D eigenvalue weighted by Gasteiger charge is 2.71. The molecule has 0 spiro atoms. The quantitative estimate of drug-likeness (QED) is 0.458. The van der Waals surface area contributed by atoms with Crippen molar-refractivity contribution in [3.05, 3.63) is 39.9 Å². The second-order valence-electron chi connectivity index (χ2n) is 9.06. The van der Waals surface area contributed by atoms with Crippen molar-refractivity contribution in [3.8, 4) is 0 Å². The molecule has 2 saturated carbocycles. The van der Waals surface area contributed by atoms with Crippen molar-refractivity contribution >= 4 is 23.3 Å². The van der Waals surface area contributed by atoms with Crippen molar-refractivity contribution in [2.24, 2.45) is 21.4 Å². The molecule has 0 heterocycles. The minimum Gasteiger partial charge on any atom is -0.353 e. The first-order valence-electron chi connectivity index (χ1n) is 9.79. The van der Waals surface area contributed by atoms with Crippen LogP contribution in [0, 0.1) is 26.4 Å². The van der Waals surface area contributed by atoms with E-state index in [2.05, 4.69) is 31.2 Å². The molecule has 29 heavy (non-hydrogen) atoms. The Morgan fingerprint density at radius 3 is 2.34 bits per heavy atom. The van der Waals surface area contributed by atoms with Gasteiger partial charge in [0, 0.05) is 30.0 Å². The number of carbonyl (C=O) groups excluding carboxylic acids is 2. The molecule has 3 rings (SSSR count). The van der Waals surface area contributed by atoms with Crippen LogP contribution in [-0.2, 0) is 9.63 Å². The van der Waals surface area contributed by atoms with E-state index in [9.17, 15) is 19.7 Å². The van der Waals surface area contributed by atoms with E-state index >= 15 is 0 Å². The predicted molar refractivity (Wildman–Crippen MR) is 107 cm³/mol. The van der Waals surface area contributed by atoms with Gasteiger partial charge in [0.2, 0.25) is 5.91 Å². The topological polar surface area (TPSA) is 111 Å². The lowest BCUT2D eigenvalue weighted by molar-refractivity contribution is -0.384. The van der Waals surface area contributed by atoms with Crippen molar-refractivity contribution in [1.29, 1.82) is 0 Å². The first-order valence-corrected chi connectivity index (χ1v) is 9.79. The van der Waals surface area contributed by atoms with Crippen LogP contribution >= 0.6 is 0 Å². The van der Waals surface area contributed by atoms with E-state index in [1.54, 1.807) is 0 Å². The van der Waals surface area contributed by atoms with Gasteiger partial charge in [-0.15, -0.1) is 0 Å². The number of hydrogen-bond acceptors (Lipinski definition) is 6. The van der Waals surface area contributed by atoms with E-state index in [1.165, 1.54) is 24.3 Å². The van der Waals surface area contributed by atoms with Gasteiger partial charge in [0.1, 0.15) is 0 Å². The third kappa shape index (κ3) is 3.10. The Morgan fingerprint density at radius 1 is 1.17 bits per heavy atom. The fourth-order valence-electron chi connectivity index (χ4n) is 4.79. The van der Waals surface area contributed by atoms with E-state index in [-0.39, 0.29) is 34.0 Å². The highest BCUT2D eigenvalue weighted by atomic mass is 16.7. The molecule has 2 bridgehead atoms. The van der Waals surface area contributed by atoms with Gasteiger partial charge in [-0.05, 0) is 44.2 Å². The molecule has 1 aromatic rings. The average Bonchev–Trinajstić information content (AvgIpc) is 2.96. The molecule has 156 valence electrons. The standard InChI is InChI=1S/C21H27N3O5/c1-13(2)22-18(26)21-11-10-20(5,19(21,3)4)16(12-21)23-29-17(25)14-6-8-15(9-7-14)24(27)28/h6-9,13H,10-12H2,1-5H3,(H,22,26). The van der Waals surface area contributed by atoms with Crippen LogP contribution < -0.4 is 5.32 Å². The Labute approximate surface area is 169 Å². The lowest BCUT2D eigenvalue weighted by Gasteiger charge is -2.39. The van der Waals surface area contributed by atoms with Crippen LogP contribution in [0.15, 0.2) is 29.4 Å². The van der Waals surface area contributed by atoms with Gasteiger partial charge in [0.15, 0.2) is 0 Å². The van der Waals surface area contributed by atoms with Gasteiger partial charge in [0.25, 0.3) is 5.69 Å². The Kier molecular flexibility index (Phi) is 5.01. The average molecular weight is 401 g/mol. The van der Waals surface area contributed by atoms with E-state index in [1.807, 2.05) is 13.8 Å². The number of benzene rings is 1. The molecule has 0 radical (unpaired) electrons. The zero-order chi connectivity index (χ0) is 21.6. The van der Waals surface area contributed by atoms with E-state index < -0.39 is 16.3 Å². The molecule has 8 heteroatoms. The molecular weight excluding hydrogens is 374 g/mol. The maximum absolute atomic E-state index is 13.1. The zero-order valence-electron chi connectivity index (χ0n) is 17.4. The van der Waals surface area contributed by atoms with Crippen LogP contribution in [-0.4, -0.2) is 28.6 Å². The van der Waals surface area contributed by atoms with Crippen molar-refractivity contribution < 1.29 is 19.3 Å². The Morgan fingerprint density at radius 2 is 1.79 bits per heavy atom. The van der Waals surface area contributed by atoms with Crippen molar-refractivity contribution in [2.75, 3.05) is 0 Å². The summed E-state index contributed by atoms with van der Waals surface area (Å²) in [7, 11) is 0. The number of rotatable bonds is 5. The summed E-state index contributed by atoms with van der Waals surface area (Å²) in [5, 5.41) is 18.0. The molecular formula is C21H27N3O5. The number of oxime groups is 1. The normalized spacial score (nSPS) is 28.6. The molecule has 0 aromatic heterocycles. The summed E-state index contributed by atoms with van der Waals surface area (Å²) in [5.74, 6) is -0.662. The summed E-state index contributed by atoms with van der Waals surface area (Å²) in [6.45, 7) is 10.1. The number of nitrogens with one attached hydrogen (secondary N) is 1. The van der Waals surface area contributed by atoms with Gasteiger partial charge in [-0.2, -0.15) is 0 Å². The van der Waals surface area contributed by atoms with Gasteiger partial charge in [-0.1, -0.05) is 25.9 Å². The maximum atomic E-state index is 13.1. The van der Waals surface area contributed by atoms with Crippen LogP contribution in [0.4, 0.5) is 5.69 Å². The number of nitrogens with zero attached hydrogens (tertiary/aromatic N) is 2. The number of amides is 1. The maximum Gasteiger partial charge on any atom is 0.365 e. The number of hydrogen-bond donors (Lipinski definition) is 1. The second kappa shape index (κ2) is 6.93. The van der Waals surface area contributed by atoms with Gasteiger partial charge >= 0.3 is 5.97 Å². The van der Waals surface area contributed by atoms with Gasteiger partial charge in [-0.3, -0.25) is 14.9 Å². The molecule has 2 fully saturated rings. The molecule has 1 aromatic carbocycles. The summed E-state index contributed by atoms with van der Waals surface area (Å²) in [5.41, 5.74) is -0.477. The van der Waals surface area contributed by atoms with Crippen molar-refractivity contribution in [2.45, 2.75) is 59.9 Å². The van der Waals surface area contributed by atoms with Crippen LogP contribution in [0.3, 0.4) is 0 Å². The minimum atomic E-state index is -0.683. The van der Waals surface area contributed by atoms with Gasteiger partial charge < -0.3 is 10.2 Å². The first kappa shape index (κ1) is 21.0. The highest BCUT2D eigenvalue weighted by Crippen LogP contribution is 2.71. The molecule has 0 aliphatic heterocycles. The molecule has 2 atom stereocenters. The molecule has 2 aliphatic rings. The Hall–Kier alpha value is -2.77. The third-order valence-corrected chi connectivity index (χ3v) is 7.14. The summed E-state index contributed by atoms with van der Waals surface area (Å²) in [6, 6.07) is 5.21. The first-order chi connectivity index (χ1) is 13.4. The lowest BCUT2D eigenvalue weighted by atomic mass is 9.64. The monoisotopic (exact) mass is 401 g/mol. The van der Waals surface area contributed by atoms with Crippen LogP contribution in [0.25, 0.3) is 0 Å². The largest absolute Gasteiger partial charge is 0.365 e. The smallest absolute Gasteiger partial charge is 0.353 e. The Bertz CT molecular complexity index is 890. The SMILES string of the molecule is CC(C)NC(=O)C12CCC(C)(C(=NOC(=O)c3ccc([N+](=O)[O-])cc3)C1)C2(C)C. The summed E-state index contributed by atoms with van der Waals surface area (Å²) < 4.78 is 0. The molecule has 1 amide bonds. The van der Waals surface area contributed by atoms with Crippen molar-refractivity contribution in [1.82, 2.24) is 5.32 Å². The van der Waals surface area contributed by atoms with Crippen molar-refractivity contribution in [3.63, 3.8) is 0 Å². The minimum absolute atomic E-state index is 0.0214. The third-order valence-electron chi connectivity index (χ3n) is 7.14. The lowest BCUT2D eigenvalue weighted by Crippen LogP contribution is -2.48. The Balaban J connectivity index is 1.82. The molecule has 0 saturated heterocycles. The zero-order valence-corrected chi connectivity index (χ0v) is 17.4. The van der Waals surface area contributed by atoms with Crippen LogP contribution in [0.2, 0.25) is 0 Å². The van der Waals surface area contributed by atoms with Gasteiger partial charge in [-0.25, -0.2) is 4.79 Å². The van der Waals surface area contributed by atoms with E-state index in [0.717, 1.165) is 12.8 Å². The molecule has 8 nitrogen and oxygen atoms in total. The second-order valence-corrected chi connectivity index (χ2v) is 9.06. The summed E-state index contributed by atoms with van der Waals surface area (Å²) in [6.07, 6.45) is 2.01. The number of nitro groups is 1. The summed E-state index contributed by atoms with van der Waals surface area (Å²) >= 11 is 0. The molecule has 1 N–H and O–H groups in total. The van der Waals surface area contributed by atoms with Gasteiger partial charge in [0.05, 0.1) is 21.6 Å². The van der Waals surface area contributed by atoms with Crippen LogP contribution in [0.5, 0.6) is 0 Å². The predicted octanol–water partition coefficient (Wildman–Crippen LogP) is 3.85. The highest BCUT2D eigenvalue weighted by molar-refractivity contribution is 6.02. The molecule has 2 aliphatic carbocycles. The van der Waals surface area contributed by atoms with E-state index in [4.69, 9.17) is 4.84 Å². The number of nitro benzene ring substituents is 1. The molecule has 2 unspecified atom stereocenters. The summed E-state index contributed by atoms with van der Waals surface area (Å²) in [4.78, 5) is 40.8. The fraction of sp³-hybridized carbons (Fsp3) is 0.571. The fourth-order valence-corrected chi connectivity index (χ4v) is 4.79. The number of fused-ring (bicyclic) bond motifs is 2. The van der Waals surface area contributed by atoms with E-state index in [0.29, 0.717) is 12.1 Å².